The number of aliphatic carboxylic acids is 1. The van der Waals surface area contributed by atoms with Crippen molar-refractivity contribution >= 4 is 28.4 Å². The average molecular weight is 379 g/mol. The second kappa shape index (κ2) is 8.66. The summed E-state index contributed by atoms with van der Waals surface area (Å²) >= 11 is 0. The number of halogens is 1. The van der Waals surface area contributed by atoms with Gasteiger partial charge in [0.15, 0.2) is 0 Å². The summed E-state index contributed by atoms with van der Waals surface area (Å²) in [5.41, 5.74) is 0. The van der Waals surface area contributed by atoms with Gasteiger partial charge in [-0.3, -0.25) is 9.69 Å². The topological polar surface area (TPSA) is 87.2 Å². The molecule has 0 aliphatic carbocycles. The number of nitrogens with zero attached hydrogens (tertiary/aromatic N) is 2. The van der Waals surface area contributed by atoms with Gasteiger partial charge in [-0.15, -0.1) is 12.4 Å². The number of carbonyl (C=O) groups is 1. The predicted molar refractivity (Wildman–Crippen MR) is 92.3 cm³/mol. The Morgan fingerprint density at radius 1 is 1.33 bits per heavy atom. The highest BCUT2D eigenvalue weighted by Crippen LogP contribution is 2.19. The van der Waals surface area contributed by atoms with Crippen LogP contribution in [0.25, 0.3) is 0 Å². The number of sulfonamides is 1. The number of ether oxygens (including phenoxy) is 1. The van der Waals surface area contributed by atoms with Crippen molar-refractivity contribution in [1.82, 2.24) is 9.21 Å². The van der Waals surface area contributed by atoms with Crippen LogP contribution in [0.3, 0.4) is 0 Å². The summed E-state index contributed by atoms with van der Waals surface area (Å²) in [6.45, 7) is 1.67. The molecule has 24 heavy (non-hydrogen) atoms. The lowest BCUT2D eigenvalue weighted by atomic mass is 10.2. The molecule has 1 saturated heterocycles. The zero-order valence-electron chi connectivity index (χ0n) is 13.7. The Kier molecular flexibility index (Phi) is 7.47. The van der Waals surface area contributed by atoms with Crippen molar-refractivity contribution in [2.45, 2.75) is 23.8 Å². The lowest BCUT2D eigenvalue weighted by molar-refractivity contribution is -0.142. The van der Waals surface area contributed by atoms with Crippen LogP contribution in [-0.4, -0.2) is 68.5 Å². The van der Waals surface area contributed by atoms with E-state index in [0.717, 1.165) is 17.3 Å². The van der Waals surface area contributed by atoms with Crippen molar-refractivity contribution in [1.29, 1.82) is 0 Å². The van der Waals surface area contributed by atoms with Crippen LogP contribution < -0.4 is 4.74 Å². The van der Waals surface area contributed by atoms with Gasteiger partial charge in [0.1, 0.15) is 18.4 Å². The first kappa shape index (κ1) is 20.7. The van der Waals surface area contributed by atoms with E-state index in [-0.39, 0.29) is 17.3 Å². The summed E-state index contributed by atoms with van der Waals surface area (Å²) in [7, 11) is -0.478. The Morgan fingerprint density at radius 2 is 1.96 bits per heavy atom. The van der Waals surface area contributed by atoms with Gasteiger partial charge in [0, 0.05) is 20.6 Å². The second-order valence-electron chi connectivity index (χ2n) is 5.64. The molecule has 0 radical (unpaired) electrons. The molecule has 0 amide bonds. The van der Waals surface area contributed by atoms with E-state index in [4.69, 9.17) is 9.84 Å². The molecule has 9 heteroatoms. The molecule has 0 bridgehead atoms. The molecule has 1 aromatic carbocycles. The van der Waals surface area contributed by atoms with Gasteiger partial charge in [-0.2, -0.15) is 0 Å². The van der Waals surface area contributed by atoms with Crippen molar-refractivity contribution in [2.75, 3.05) is 33.8 Å². The van der Waals surface area contributed by atoms with Gasteiger partial charge >= 0.3 is 5.97 Å². The maximum Gasteiger partial charge on any atom is 0.320 e. The quantitative estimate of drug-likeness (QED) is 0.769. The summed E-state index contributed by atoms with van der Waals surface area (Å²) in [6.07, 6.45) is 1.56. The summed E-state index contributed by atoms with van der Waals surface area (Å²) in [5, 5.41) is 9.11. The average Bonchev–Trinajstić information content (AvgIpc) is 2.96. The number of hydrogen-bond acceptors (Lipinski definition) is 5. The molecule has 1 aliphatic heterocycles. The normalized spacial score (nSPS) is 18.4. The van der Waals surface area contributed by atoms with Gasteiger partial charge in [-0.25, -0.2) is 12.7 Å². The minimum Gasteiger partial charge on any atom is -0.492 e. The Bertz CT molecular complexity index is 648. The first-order valence-corrected chi connectivity index (χ1v) is 8.88. The fraction of sp³-hybridized carbons (Fsp3) is 0.533. The minimum atomic E-state index is -3.44. The van der Waals surface area contributed by atoms with Gasteiger partial charge in [0.2, 0.25) is 10.0 Å². The third-order valence-electron chi connectivity index (χ3n) is 3.90. The number of hydrogen-bond donors (Lipinski definition) is 1. The van der Waals surface area contributed by atoms with Crippen LogP contribution in [0, 0.1) is 0 Å². The largest absolute Gasteiger partial charge is 0.492 e. The van der Waals surface area contributed by atoms with E-state index in [0.29, 0.717) is 25.3 Å². The summed E-state index contributed by atoms with van der Waals surface area (Å²) in [5.74, 6) is -0.227. The fourth-order valence-corrected chi connectivity index (χ4v) is 3.47. The van der Waals surface area contributed by atoms with Crippen LogP contribution in [0.15, 0.2) is 29.2 Å². The molecule has 0 aromatic heterocycles. The molecule has 1 heterocycles. The number of carboxylic acids is 1. The predicted octanol–water partition coefficient (Wildman–Crippen LogP) is 1.29. The molecule has 0 saturated carbocycles. The number of likely N-dealkylation sites (tertiary alicyclic amines) is 1. The van der Waals surface area contributed by atoms with Crippen molar-refractivity contribution in [3.63, 3.8) is 0 Å². The van der Waals surface area contributed by atoms with Crippen LogP contribution >= 0.6 is 12.4 Å². The van der Waals surface area contributed by atoms with Gasteiger partial charge in [-0.05, 0) is 43.7 Å². The number of benzene rings is 1. The van der Waals surface area contributed by atoms with Gasteiger partial charge in [-0.1, -0.05) is 0 Å². The molecule has 7 nitrogen and oxygen atoms in total. The minimum absolute atomic E-state index is 0. The van der Waals surface area contributed by atoms with E-state index >= 15 is 0 Å². The lowest BCUT2D eigenvalue weighted by Gasteiger charge is -2.20. The lowest BCUT2D eigenvalue weighted by Crippen LogP contribution is -2.38. The summed E-state index contributed by atoms with van der Waals surface area (Å²) in [4.78, 5) is 13.2. The van der Waals surface area contributed by atoms with Crippen molar-refractivity contribution < 1.29 is 23.1 Å². The van der Waals surface area contributed by atoms with E-state index in [9.17, 15) is 13.2 Å². The third-order valence-corrected chi connectivity index (χ3v) is 5.73. The van der Waals surface area contributed by atoms with E-state index in [1.807, 2.05) is 4.90 Å². The van der Waals surface area contributed by atoms with Crippen LogP contribution in [-0.2, 0) is 14.8 Å². The van der Waals surface area contributed by atoms with Crippen molar-refractivity contribution in [3.05, 3.63) is 24.3 Å². The standard InChI is InChI=1S/C15H22N2O5S.ClH/c1-16(2)23(20,21)13-7-5-12(6-8-13)22-11-10-17-9-3-4-14(17)15(18)19;/h5-8,14H,3-4,9-11H2,1-2H3,(H,18,19);1H. The molecule has 1 unspecified atom stereocenters. The third kappa shape index (κ3) is 4.83. The van der Waals surface area contributed by atoms with Crippen LogP contribution in [0.4, 0.5) is 0 Å². The smallest absolute Gasteiger partial charge is 0.320 e. The fourth-order valence-electron chi connectivity index (χ4n) is 2.57. The highest BCUT2D eigenvalue weighted by atomic mass is 35.5. The van der Waals surface area contributed by atoms with E-state index in [1.54, 1.807) is 12.1 Å². The van der Waals surface area contributed by atoms with Gasteiger partial charge in [0.05, 0.1) is 4.90 Å². The first-order chi connectivity index (χ1) is 10.8. The monoisotopic (exact) mass is 378 g/mol. The zero-order valence-corrected chi connectivity index (χ0v) is 15.3. The van der Waals surface area contributed by atoms with Crippen LogP contribution in [0.2, 0.25) is 0 Å². The maximum atomic E-state index is 12.0. The van der Waals surface area contributed by atoms with Gasteiger partial charge in [0.25, 0.3) is 0 Å². The second-order valence-corrected chi connectivity index (χ2v) is 7.79. The van der Waals surface area contributed by atoms with Crippen LogP contribution in [0.5, 0.6) is 5.75 Å². The molecule has 0 spiro atoms. The van der Waals surface area contributed by atoms with Gasteiger partial charge < -0.3 is 9.84 Å². The number of carboxylic acid groups (broad SMARTS) is 1. The highest BCUT2D eigenvalue weighted by Gasteiger charge is 2.29. The van der Waals surface area contributed by atoms with E-state index in [2.05, 4.69) is 0 Å². The maximum absolute atomic E-state index is 12.0. The van der Waals surface area contributed by atoms with E-state index in [1.165, 1.54) is 26.2 Å². The number of rotatable bonds is 7. The molecule has 1 N–H and O–H groups in total. The Morgan fingerprint density at radius 3 is 2.50 bits per heavy atom. The summed E-state index contributed by atoms with van der Waals surface area (Å²) < 4.78 is 30.6. The van der Waals surface area contributed by atoms with E-state index < -0.39 is 22.0 Å². The molecule has 1 aliphatic rings. The summed E-state index contributed by atoms with van der Waals surface area (Å²) in [6, 6.07) is 5.79. The Hall–Kier alpha value is -1.35. The highest BCUT2D eigenvalue weighted by molar-refractivity contribution is 7.89. The Labute approximate surface area is 148 Å². The first-order valence-electron chi connectivity index (χ1n) is 7.44. The molecule has 1 fully saturated rings. The molecular formula is C15H23ClN2O5S. The van der Waals surface area contributed by atoms with Crippen molar-refractivity contribution in [3.8, 4) is 5.75 Å². The molecule has 1 aromatic rings. The molecular weight excluding hydrogens is 356 g/mol. The molecule has 1 atom stereocenters. The van der Waals surface area contributed by atoms with Crippen molar-refractivity contribution in [2.24, 2.45) is 0 Å². The SMILES string of the molecule is CN(C)S(=O)(=O)c1ccc(OCCN2CCCC2C(=O)O)cc1.Cl. The molecule has 136 valence electrons. The zero-order chi connectivity index (χ0) is 17.0. The van der Waals surface area contributed by atoms with Crippen LogP contribution in [0.1, 0.15) is 12.8 Å². The molecule has 2 rings (SSSR count). The Balaban J connectivity index is 0.00000288.